The molecule has 1 aliphatic carbocycles. The Hall–Kier alpha value is -5.93. The van der Waals surface area contributed by atoms with Crippen LogP contribution >= 0.6 is 0 Å². The van der Waals surface area contributed by atoms with Crippen molar-refractivity contribution in [1.29, 1.82) is 0 Å². The molecule has 6 aromatic carbocycles. The average molecular weight is 602 g/mol. The van der Waals surface area contributed by atoms with Gasteiger partial charge in [-0.25, -0.2) is 15.0 Å². The molecule has 3 heteroatoms. The second kappa shape index (κ2) is 10.6. The maximum atomic E-state index is 5.43. The molecule has 8 aromatic rings. The highest BCUT2D eigenvalue weighted by atomic mass is 14.9. The molecule has 47 heavy (non-hydrogen) atoms. The molecule has 0 spiro atoms. The molecule has 0 bridgehead atoms. The van der Waals surface area contributed by atoms with Crippen LogP contribution in [0.5, 0.6) is 0 Å². The number of hydrogen-bond donors (Lipinski definition) is 0. The monoisotopic (exact) mass is 601 g/mol. The van der Waals surface area contributed by atoms with Gasteiger partial charge < -0.3 is 0 Å². The number of aromatic nitrogens is 3. The molecular formula is C44H31N3. The van der Waals surface area contributed by atoms with E-state index in [-0.39, 0.29) is 5.41 Å². The lowest BCUT2D eigenvalue weighted by Crippen LogP contribution is -2.16. The third-order valence-corrected chi connectivity index (χ3v) is 9.66. The summed E-state index contributed by atoms with van der Waals surface area (Å²) in [4.78, 5) is 15.5. The summed E-state index contributed by atoms with van der Waals surface area (Å²) < 4.78 is 0. The van der Waals surface area contributed by atoms with Gasteiger partial charge >= 0.3 is 0 Å². The Balaban J connectivity index is 1.25. The van der Waals surface area contributed by atoms with Crippen molar-refractivity contribution in [1.82, 2.24) is 15.0 Å². The minimum atomic E-state index is -0.200. The molecule has 0 unspecified atom stereocenters. The molecule has 2 aromatic heterocycles. The normalized spacial score (nSPS) is 13.1. The number of fused-ring (bicyclic) bond motifs is 6. The lowest BCUT2D eigenvalue weighted by Gasteiger charge is -2.25. The molecule has 0 saturated carbocycles. The van der Waals surface area contributed by atoms with Crippen molar-refractivity contribution >= 4 is 21.7 Å². The van der Waals surface area contributed by atoms with Crippen LogP contribution < -0.4 is 0 Å². The Labute approximate surface area is 274 Å². The summed E-state index contributed by atoms with van der Waals surface area (Å²) in [6, 6.07) is 53.4. The molecule has 0 N–H and O–H groups in total. The number of hydrogen-bond acceptors (Lipinski definition) is 3. The Morgan fingerprint density at radius 3 is 1.81 bits per heavy atom. The first-order valence-electron chi connectivity index (χ1n) is 16.1. The van der Waals surface area contributed by atoms with E-state index in [1.807, 2.05) is 24.3 Å². The van der Waals surface area contributed by atoms with Crippen LogP contribution in [0.15, 0.2) is 152 Å². The first-order chi connectivity index (χ1) is 23.1. The number of pyridine rings is 1. The second-order valence-corrected chi connectivity index (χ2v) is 12.8. The summed E-state index contributed by atoms with van der Waals surface area (Å²) in [5, 5.41) is 3.55. The predicted molar refractivity (Wildman–Crippen MR) is 194 cm³/mol. The third kappa shape index (κ3) is 4.39. The van der Waals surface area contributed by atoms with E-state index < -0.39 is 0 Å². The zero-order valence-electron chi connectivity index (χ0n) is 26.3. The van der Waals surface area contributed by atoms with Gasteiger partial charge in [0.1, 0.15) is 0 Å². The maximum absolute atomic E-state index is 5.43. The van der Waals surface area contributed by atoms with Gasteiger partial charge in [0.2, 0.25) is 0 Å². The van der Waals surface area contributed by atoms with Crippen molar-refractivity contribution in [2.24, 2.45) is 0 Å². The molecule has 222 valence electrons. The highest BCUT2D eigenvalue weighted by Gasteiger charge is 2.39. The molecule has 1 aliphatic rings. The molecule has 3 nitrogen and oxygen atoms in total. The highest BCUT2D eigenvalue weighted by molar-refractivity contribution is 6.13. The van der Waals surface area contributed by atoms with Gasteiger partial charge in [-0.2, -0.15) is 0 Å². The Bertz CT molecular complexity index is 2410. The van der Waals surface area contributed by atoms with Gasteiger partial charge in [0.25, 0.3) is 0 Å². The first-order valence-corrected chi connectivity index (χ1v) is 16.1. The van der Waals surface area contributed by atoms with Crippen molar-refractivity contribution in [3.63, 3.8) is 0 Å². The van der Waals surface area contributed by atoms with E-state index in [1.54, 1.807) is 0 Å². The van der Waals surface area contributed by atoms with Gasteiger partial charge in [-0.1, -0.05) is 159 Å². The zero-order valence-corrected chi connectivity index (χ0v) is 26.3. The van der Waals surface area contributed by atoms with Crippen LogP contribution in [0.1, 0.15) is 25.0 Å². The fourth-order valence-electron chi connectivity index (χ4n) is 7.35. The summed E-state index contributed by atoms with van der Waals surface area (Å²) in [6.45, 7) is 4.67. The second-order valence-electron chi connectivity index (χ2n) is 12.8. The SMILES string of the molecule is CC1(C)c2ccccc2-c2nc3c(ccc4ccccc43)c(-c3ccc(-c4cc(-c5ccccc5)nc(-c5ccccc5)n4)cc3)c21. The Morgan fingerprint density at radius 1 is 0.468 bits per heavy atom. The summed E-state index contributed by atoms with van der Waals surface area (Å²) in [5.74, 6) is 0.718. The van der Waals surface area contributed by atoms with Crippen molar-refractivity contribution in [3.05, 3.63) is 163 Å². The summed E-state index contributed by atoms with van der Waals surface area (Å²) >= 11 is 0. The minimum absolute atomic E-state index is 0.200. The molecule has 0 fully saturated rings. The van der Waals surface area contributed by atoms with E-state index in [4.69, 9.17) is 15.0 Å². The average Bonchev–Trinajstić information content (AvgIpc) is 3.37. The van der Waals surface area contributed by atoms with Crippen LogP contribution in [0.4, 0.5) is 0 Å². The largest absolute Gasteiger partial charge is 0.247 e. The molecule has 0 aliphatic heterocycles. The van der Waals surface area contributed by atoms with Crippen LogP contribution in [0, 0.1) is 0 Å². The third-order valence-electron chi connectivity index (χ3n) is 9.66. The van der Waals surface area contributed by atoms with E-state index in [0.29, 0.717) is 0 Å². The van der Waals surface area contributed by atoms with Crippen LogP contribution in [0.2, 0.25) is 0 Å². The van der Waals surface area contributed by atoms with Crippen LogP contribution in [0.25, 0.3) is 78.0 Å². The zero-order chi connectivity index (χ0) is 31.5. The Kier molecular flexibility index (Phi) is 6.16. The minimum Gasteiger partial charge on any atom is -0.247 e. The summed E-state index contributed by atoms with van der Waals surface area (Å²) in [6.07, 6.45) is 0. The van der Waals surface area contributed by atoms with Gasteiger partial charge in [0.05, 0.1) is 22.6 Å². The van der Waals surface area contributed by atoms with Crippen molar-refractivity contribution in [3.8, 4) is 56.3 Å². The lowest BCUT2D eigenvalue weighted by molar-refractivity contribution is 0.662. The van der Waals surface area contributed by atoms with Gasteiger partial charge in [-0.3, -0.25) is 0 Å². The number of rotatable bonds is 4. The topological polar surface area (TPSA) is 38.7 Å². The van der Waals surface area contributed by atoms with Gasteiger partial charge in [-0.05, 0) is 33.7 Å². The van der Waals surface area contributed by atoms with Crippen LogP contribution in [0.3, 0.4) is 0 Å². The maximum Gasteiger partial charge on any atom is 0.160 e. The fourth-order valence-corrected chi connectivity index (χ4v) is 7.35. The van der Waals surface area contributed by atoms with Gasteiger partial charge in [0.15, 0.2) is 5.82 Å². The molecule has 9 rings (SSSR count). The van der Waals surface area contributed by atoms with Crippen LogP contribution in [-0.4, -0.2) is 15.0 Å². The molecule has 0 saturated heterocycles. The van der Waals surface area contributed by atoms with Gasteiger partial charge in [-0.15, -0.1) is 0 Å². The lowest BCUT2D eigenvalue weighted by atomic mass is 9.78. The van der Waals surface area contributed by atoms with Gasteiger partial charge in [0, 0.05) is 38.4 Å². The quantitative estimate of drug-likeness (QED) is 0.188. The first kappa shape index (κ1) is 27.4. The molecule has 0 atom stereocenters. The van der Waals surface area contributed by atoms with Crippen molar-refractivity contribution < 1.29 is 0 Å². The standard InChI is InChI=1S/C44H31N3/c1-44(2)36-20-12-11-19-34(36)42-40(44)39(35-26-25-28-13-9-10-18-33(28)41(35)47-42)31-23-21-30(22-24-31)38-27-37(29-14-5-3-6-15-29)45-43(46-38)32-16-7-4-8-17-32/h3-27H,1-2H3. The van der Waals surface area contributed by atoms with E-state index in [2.05, 4.69) is 141 Å². The highest BCUT2D eigenvalue weighted by Crippen LogP contribution is 2.53. The summed E-state index contributed by atoms with van der Waals surface area (Å²) in [5.41, 5.74) is 13.1. The van der Waals surface area contributed by atoms with E-state index in [9.17, 15) is 0 Å². The number of nitrogens with zero attached hydrogens (tertiary/aromatic N) is 3. The molecule has 0 radical (unpaired) electrons. The predicted octanol–water partition coefficient (Wildman–Crippen LogP) is 11.2. The molecule has 2 heterocycles. The number of benzene rings is 6. The van der Waals surface area contributed by atoms with E-state index in [1.165, 1.54) is 44.0 Å². The van der Waals surface area contributed by atoms with Crippen molar-refractivity contribution in [2.45, 2.75) is 19.3 Å². The molecule has 0 amide bonds. The fraction of sp³-hybridized carbons (Fsp3) is 0.0682. The van der Waals surface area contributed by atoms with Crippen molar-refractivity contribution in [2.75, 3.05) is 0 Å². The molecular weight excluding hydrogens is 571 g/mol. The van der Waals surface area contributed by atoms with E-state index >= 15 is 0 Å². The smallest absolute Gasteiger partial charge is 0.160 e. The van der Waals surface area contributed by atoms with E-state index in [0.717, 1.165) is 45.1 Å². The van der Waals surface area contributed by atoms with Crippen LogP contribution in [-0.2, 0) is 5.41 Å². The Morgan fingerprint density at radius 2 is 1.06 bits per heavy atom. The summed E-state index contributed by atoms with van der Waals surface area (Å²) in [7, 11) is 0.